The number of carbonyl (C=O) groups is 1. The Hall–Kier alpha value is -0.510. The molecule has 21 heavy (non-hydrogen) atoms. The Bertz CT molecular complexity index is 653. The standard InChI is InChI=1S/C12H6Br2F3NOS2/c13-6-5-9(20-10(6)14)11(19)18-7-3-1-2-4-8(7)21-12(15,16)17/h1-5H,(H,18,19). The van der Waals surface area contributed by atoms with Crippen LogP contribution in [0.25, 0.3) is 0 Å². The zero-order chi connectivity index (χ0) is 15.6. The van der Waals surface area contributed by atoms with E-state index in [-0.39, 0.29) is 22.3 Å². The molecule has 1 N–H and O–H groups in total. The number of thioether (sulfide) groups is 1. The van der Waals surface area contributed by atoms with Crippen molar-refractivity contribution in [2.24, 2.45) is 0 Å². The summed E-state index contributed by atoms with van der Waals surface area (Å²) in [7, 11) is 0. The minimum atomic E-state index is -4.41. The van der Waals surface area contributed by atoms with Crippen LogP contribution in [0.3, 0.4) is 0 Å². The fourth-order valence-corrected chi connectivity index (χ4v) is 3.98. The van der Waals surface area contributed by atoms with Gasteiger partial charge in [0.15, 0.2) is 0 Å². The summed E-state index contributed by atoms with van der Waals surface area (Å²) in [6.45, 7) is 0. The molecule has 0 spiro atoms. The van der Waals surface area contributed by atoms with E-state index in [9.17, 15) is 18.0 Å². The number of hydrogen-bond acceptors (Lipinski definition) is 3. The van der Waals surface area contributed by atoms with Gasteiger partial charge in [0.05, 0.1) is 14.4 Å². The number of alkyl halides is 3. The van der Waals surface area contributed by atoms with Crippen LogP contribution >= 0.6 is 55.0 Å². The third-order valence-corrected chi connectivity index (χ3v) is 6.29. The summed E-state index contributed by atoms with van der Waals surface area (Å²) in [6.07, 6.45) is 0. The number of thiophene rings is 1. The Balaban J connectivity index is 2.21. The summed E-state index contributed by atoms with van der Waals surface area (Å²) in [5.41, 5.74) is -4.28. The van der Waals surface area contributed by atoms with E-state index in [0.717, 1.165) is 8.26 Å². The molecule has 1 aromatic carbocycles. The van der Waals surface area contributed by atoms with E-state index in [4.69, 9.17) is 0 Å². The molecule has 2 rings (SSSR count). The second-order valence-corrected chi connectivity index (χ2v) is 8.06. The van der Waals surface area contributed by atoms with Gasteiger partial charge in [-0.25, -0.2) is 0 Å². The van der Waals surface area contributed by atoms with Gasteiger partial charge in [-0.15, -0.1) is 11.3 Å². The van der Waals surface area contributed by atoms with Crippen molar-refractivity contribution in [1.82, 2.24) is 0 Å². The van der Waals surface area contributed by atoms with Crippen molar-refractivity contribution in [3.8, 4) is 0 Å². The van der Waals surface area contributed by atoms with Gasteiger partial charge in [0.25, 0.3) is 5.91 Å². The van der Waals surface area contributed by atoms with Gasteiger partial charge in [-0.1, -0.05) is 12.1 Å². The van der Waals surface area contributed by atoms with E-state index in [1.54, 1.807) is 12.1 Å². The van der Waals surface area contributed by atoms with Crippen LogP contribution in [0.4, 0.5) is 18.9 Å². The monoisotopic (exact) mass is 459 g/mol. The highest BCUT2D eigenvalue weighted by Gasteiger charge is 2.30. The molecule has 0 aliphatic rings. The zero-order valence-electron chi connectivity index (χ0n) is 10.0. The average Bonchev–Trinajstić information content (AvgIpc) is 2.70. The third kappa shape index (κ3) is 4.73. The second-order valence-electron chi connectivity index (χ2n) is 3.73. The summed E-state index contributed by atoms with van der Waals surface area (Å²) in [5.74, 6) is -0.457. The van der Waals surface area contributed by atoms with Gasteiger partial charge in [-0.3, -0.25) is 4.79 Å². The molecule has 1 heterocycles. The molecule has 0 atom stereocenters. The fourth-order valence-electron chi connectivity index (χ4n) is 1.43. The predicted octanol–water partition coefficient (Wildman–Crippen LogP) is 6.14. The van der Waals surface area contributed by atoms with Gasteiger partial charge in [0.1, 0.15) is 0 Å². The maximum Gasteiger partial charge on any atom is 0.446 e. The first kappa shape index (κ1) is 16.9. The highest BCUT2D eigenvalue weighted by Crippen LogP contribution is 2.40. The molecular formula is C12H6Br2F3NOS2. The van der Waals surface area contributed by atoms with Crippen LogP contribution < -0.4 is 5.32 Å². The van der Waals surface area contributed by atoms with Gasteiger partial charge in [-0.2, -0.15) is 13.2 Å². The first-order valence-corrected chi connectivity index (χ1v) is 8.59. The molecule has 0 fully saturated rings. The molecule has 112 valence electrons. The number of nitrogens with one attached hydrogen (secondary N) is 1. The van der Waals surface area contributed by atoms with Crippen molar-refractivity contribution < 1.29 is 18.0 Å². The number of hydrogen-bond donors (Lipinski definition) is 1. The van der Waals surface area contributed by atoms with Crippen LogP contribution in [0.15, 0.2) is 43.5 Å². The van der Waals surface area contributed by atoms with Crippen LogP contribution in [0.1, 0.15) is 9.67 Å². The number of anilines is 1. The largest absolute Gasteiger partial charge is 0.446 e. The van der Waals surface area contributed by atoms with E-state index in [1.165, 1.54) is 29.5 Å². The first-order chi connectivity index (χ1) is 9.76. The normalized spacial score (nSPS) is 11.5. The molecule has 0 bridgehead atoms. The maximum absolute atomic E-state index is 12.5. The van der Waals surface area contributed by atoms with Crippen LogP contribution in [-0.2, 0) is 0 Å². The lowest BCUT2D eigenvalue weighted by atomic mass is 10.3. The highest BCUT2D eigenvalue weighted by atomic mass is 79.9. The number of para-hydroxylation sites is 1. The Morgan fingerprint density at radius 3 is 2.48 bits per heavy atom. The summed E-state index contributed by atoms with van der Waals surface area (Å²) >= 11 is 7.45. The lowest BCUT2D eigenvalue weighted by Crippen LogP contribution is -2.11. The van der Waals surface area contributed by atoms with Gasteiger partial charge < -0.3 is 5.32 Å². The van der Waals surface area contributed by atoms with Crippen molar-refractivity contribution >= 4 is 66.6 Å². The van der Waals surface area contributed by atoms with Crippen LogP contribution in [0.5, 0.6) is 0 Å². The molecule has 0 saturated heterocycles. The average molecular weight is 461 g/mol. The van der Waals surface area contributed by atoms with Crippen molar-refractivity contribution in [2.45, 2.75) is 10.4 Å². The van der Waals surface area contributed by atoms with E-state index in [1.807, 2.05) is 0 Å². The smallest absolute Gasteiger partial charge is 0.320 e. The SMILES string of the molecule is O=C(Nc1ccccc1SC(F)(F)F)c1cc(Br)c(Br)s1. The summed E-state index contributed by atoms with van der Waals surface area (Å²) in [4.78, 5) is 12.4. The number of benzene rings is 1. The van der Waals surface area contributed by atoms with E-state index in [2.05, 4.69) is 37.2 Å². The van der Waals surface area contributed by atoms with Crippen LogP contribution in [0, 0.1) is 0 Å². The quantitative estimate of drug-likeness (QED) is 0.557. The first-order valence-electron chi connectivity index (χ1n) is 5.37. The lowest BCUT2D eigenvalue weighted by Gasteiger charge is -2.11. The van der Waals surface area contributed by atoms with Crippen molar-refractivity contribution in [3.05, 3.63) is 43.5 Å². The Morgan fingerprint density at radius 1 is 1.24 bits per heavy atom. The third-order valence-electron chi connectivity index (χ3n) is 2.23. The second kappa shape index (κ2) is 6.72. The summed E-state index contributed by atoms with van der Waals surface area (Å²) < 4.78 is 38.9. The van der Waals surface area contributed by atoms with E-state index < -0.39 is 11.4 Å². The van der Waals surface area contributed by atoms with Crippen molar-refractivity contribution in [3.63, 3.8) is 0 Å². The molecule has 9 heteroatoms. The topological polar surface area (TPSA) is 29.1 Å². The van der Waals surface area contributed by atoms with E-state index >= 15 is 0 Å². The Kier molecular flexibility index (Phi) is 5.39. The number of amides is 1. The molecular weight excluding hydrogens is 455 g/mol. The molecule has 1 amide bonds. The van der Waals surface area contributed by atoms with Gasteiger partial charge >= 0.3 is 5.51 Å². The van der Waals surface area contributed by atoms with Crippen LogP contribution in [0.2, 0.25) is 0 Å². The number of rotatable bonds is 3. The predicted molar refractivity (Wildman–Crippen MR) is 86.0 cm³/mol. The molecule has 0 aliphatic heterocycles. The molecule has 1 aromatic heterocycles. The van der Waals surface area contributed by atoms with Crippen molar-refractivity contribution in [1.29, 1.82) is 0 Å². The van der Waals surface area contributed by atoms with Gasteiger partial charge in [0, 0.05) is 9.37 Å². The number of halogens is 5. The molecule has 0 saturated carbocycles. The molecule has 0 radical (unpaired) electrons. The zero-order valence-corrected chi connectivity index (χ0v) is 14.8. The van der Waals surface area contributed by atoms with Gasteiger partial charge in [-0.05, 0) is 61.8 Å². The molecule has 2 aromatic rings. The minimum absolute atomic E-state index is 0.0481. The molecule has 2 nitrogen and oxygen atoms in total. The summed E-state index contributed by atoms with van der Waals surface area (Å²) in [6, 6.07) is 7.40. The molecule has 0 aliphatic carbocycles. The maximum atomic E-state index is 12.5. The van der Waals surface area contributed by atoms with E-state index in [0.29, 0.717) is 4.88 Å². The Labute approximate surface area is 143 Å². The Morgan fingerprint density at radius 2 is 1.90 bits per heavy atom. The minimum Gasteiger partial charge on any atom is -0.320 e. The fraction of sp³-hybridized carbons (Fsp3) is 0.0833. The van der Waals surface area contributed by atoms with Crippen molar-refractivity contribution in [2.75, 3.05) is 5.32 Å². The van der Waals surface area contributed by atoms with Gasteiger partial charge in [0.2, 0.25) is 0 Å². The number of carbonyl (C=O) groups excluding carboxylic acids is 1. The van der Waals surface area contributed by atoms with Crippen LogP contribution in [-0.4, -0.2) is 11.4 Å². The molecule has 0 unspecified atom stereocenters. The lowest BCUT2D eigenvalue weighted by molar-refractivity contribution is -0.0328. The summed E-state index contributed by atoms with van der Waals surface area (Å²) in [5, 5.41) is 2.50. The highest BCUT2D eigenvalue weighted by molar-refractivity contribution is 9.13.